The van der Waals surface area contributed by atoms with Gasteiger partial charge in [-0.05, 0) is 60.7 Å². The Balaban J connectivity index is 1.33. The number of hydrogen-bond donors (Lipinski definition) is 1. The van der Waals surface area contributed by atoms with Gasteiger partial charge in [-0.25, -0.2) is 9.59 Å². The van der Waals surface area contributed by atoms with E-state index in [2.05, 4.69) is 25.7 Å². The molecule has 5 aromatic rings. The van der Waals surface area contributed by atoms with Crippen LogP contribution in [0, 0.1) is 0 Å². The molecule has 39 heavy (non-hydrogen) atoms. The molecule has 2 aromatic heterocycles. The number of rotatable bonds is 5. The van der Waals surface area contributed by atoms with Crippen molar-refractivity contribution in [3.63, 3.8) is 0 Å². The number of halogens is 1. The first-order chi connectivity index (χ1) is 18.9. The van der Waals surface area contributed by atoms with Crippen LogP contribution in [-0.4, -0.2) is 43.3 Å². The fourth-order valence-corrected chi connectivity index (χ4v) is 5.49. The molecule has 0 atom stereocenters. The molecule has 1 saturated heterocycles. The summed E-state index contributed by atoms with van der Waals surface area (Å²) >= 11 is 3.45. The van der Waals surface area contributed by atoms with Crippen molar-refractivity contribution in [1.82, 2.24) is 4.90 Å². The molecule has 1 aliphatic rings. The van der Waals surface area contributed by atoms with Gasteiger partial charge in [-0.3, -0.25) is 4.90 Å². The molecule has 198 valence electrons. The number of benzene rings is 3. The number of methoxy groups -OCH3 is 1. The number of phenols is 1. The van der Waals surface area contributed by atoms with Gasteiger partial charge in [-0.15, -0.1) is 0 Å². The van der Waals surface area contributed by atoms with Gasteiger partial charge < -0.3 is 23.6 Å². The Labute approximate surface area is 231 Å². The van der Waals surface area contributed by atoms with Crippen LogP contribution >= 0.6 is 15.9 Å². The fourth-order valence-electron chi connectivity index (χ4n) is 5.11. The Morgan fingerprint density at radius 3 is 2.41 bits per heavy atom. The van der Waals surface area contributed by atoms with Crippen LogP contribution in [0.25, 0.3) is 33.1 Å². The van der Waals surface area contributed by atoms with Crippen LogP contribution in [0.1, 0.15) is 5.56 Å². The maximum absolute atomic E-state index is 12.9. The SMILES string of the molecule is COc1ccc(N2CCN(Cc3c(O)ccc4c(-c5cc6cc(Br)ccc6oc5=O)cc(=O)oc34)CC2)cc1. The molecule has 0 spiro atoms. The summed E-state index contributed by atoms with van der Waals surface area (Å²) in [6.45, 7) is 3.52. The van der Waals surface area contributed by atoms with E-state index < -0.39 is 11.3 Å². The third kappa shape index (κ3) is 4.91. The monoisotopic (exact) mass is 588 g/mol. The maximum Gasteiger partial charge on any atom is 0.344 e. The molecule has 3 heterocycles. The van der Waals surface area contributed by atoms with Gasteiger partial charge in [0.05, 0.1) is 18.2 Å². The van der Waals surface area contributed by atoms with Gasteiger partial charge in [0.15, 0.2) is 0 Å². The number of anilines is 1. The second-order valence-electron chi connectivity index (χ2n) is 9.51. The third-order valence-electron chi connectivity index (χ3n) is 7.17. The van der Waals surface area contributed by atoms with E-state index in [0.717, 1.165) is 42.1 Å². The summed E-state index contributed by atoms with van der Waals surface area (Å²) in [5, 5.41) is 12.1. The van der Waals surface area contributed by atoms with Gasteiger partial charge in [-0.1, -0.05) is 15.9 Å². The van der Waals surface area contributed by atoms with Crippen molar-refractivity contribution in [1.29, 1.82) is 0 Å². The number of phenolic OH excluding ortho intramolecular Hbond substituents is 1. The highest BCUT2D eigenvalue weighted by Gasteiger charge is 2.22. The summed E-state index contributed by atoms with van der Waals surface area (Å²) in [5.74, 6) is 0.855. The number of nitrogens with zero attached hydrogens (tertiary/aromatic N) is 2. The summed E-state index contributed by atoms with van der Waals surface area (Å²) in [5.41, 5.74) is 1.85. The van der Waals surface area contributed by atoms with E-state index in [1.807, 2.05) is 30.3 Å². The zero-order chi connectivity index (χ0) is 27.1. The van der Waals surface area contributed by atoms with Crippen molar-refractivity contribution < 1.29 is 18.7 Å². The Morgan fingerprint density at radius 2 is 1.67 bits per heavy atom. The number of fused-ring (bicyclic) bond motifs is 2. The first-order valence-corrected chi connectivity index (χ1v) is 13.3. The summed E-state index contributed by atoms with van der Waals surface area (Å²) in [4.78, 5) is 30.1. The van der Waals surface area contributed by atoms with Crippen LogP contribution in [0.5, 0.6) is 11.5 Å². The third-order valence-corrected chi connectivity index (χ3v) is 7.66. The molecule has 0 amide bonds. The molecule has 0 saturated carbocycles. The van der Waals surface area contributed by atoms with Gasteiger partial charge in [-0.2, -0.15) is 0 Å². The van der Waals surface area contributed by atoms with E-state index >= 15 is 0 Å². The summed E-state index contributed by atoms with van der Waals surface area (Å²) < 4.78 is 17.3. The minimum absolute atomic E-state index is 0.0369. The molecular weight excluding hydrogens is 564 g/mol. The molecule has 6 rings (SSSR count). The highest BCUT2D eigenvalue weighted by Crippen LogP contribution is 2.34. The predicted octanol–water partition coefficient (Wildman–Crippen LogP) is 5.37. The molecular formula is C30H25BrN2O6. The maximum atomic E-state index is 12.9. The van der Waals surface area contributed by atoms with Crippen LogP contribution < -0.4 is 20.9 Å². The van der Waals surface area contributed by atoms with E-state index in [1.165, 1.54) is 6.07 Å². The van der Waals surface area contributed by atoms with E-state index in [4.69, 9.17) is 13.6 Å². The minimum Gasteiger partial charge on any atom is -0.507 e. The van der Waals surface area contributed by atoms with Crippen LogP contribution in [0.4, 0.5) is 5.69 Å². The molecule has 8 nitrogen and oxygen atoms in total. The fraction of sp³-hybridized carbons (Fsp3) is 0.200. The molecule has 0 bridgehead atoms. The van der Waals surface area contributed by atoms with Gasteiger partial charge in [0.2, 0.25) is 0 Å². The Bertz CT molecular complexity index is 1800. The highest BCUT2D eigenvalue weighted by atomic mass is 79.9. The minimum atomic E-state index is -0.609. The van der Waals surface area contributed by atoms with E-state index in [-0.39, 0.29) is 16.9 Å². The molecule has 1 N–H and O–H groups in total. The molecule has 1 aliphatic heterocycles. The zero-order valence-corrected chi connectivity index (χ0v) is 22.7. The van der Waals surface area contributed by atoms with Crippen molar-refractivity contribution in [3.05, 3.63) is 97.6 Å². The summed E-state index contributed by atoms with van der Waals surface area (Å²) in [6.07, 6.45) is 0. The topological polar surface area (TPSA) is 96.4 Å². The van der Waals surface area contributed by atoms with Crippen molar-refractivity contribution in [3.8, 4) is 22.6 Å². The van der Waals surface area contributed by atoms with Crippen LogP contribution in [-0.2, 0) is 6.54 Å². The van der Waals surface area contributed by atoms with Gasteiger partial charge in [0, 0.05) is 65.3 Å². The van der Waals surface area contributed by atoms with Crippen molar-refractivity contribution in [2.45, 2.75) is 6.54 Å². The lowest BCUT2D eigenvalue weighted by atomic mass is 9.99. The first kappa shape index (κ1) is 25.2. The smallest absolute Gasteiger partial charge is 0.344 e. The standard InChI is InChI=1S/C30H25BrN2O6/c1-37-21-5-3-20(4-6-21)33-12-10-32(11-13-33)17-25-26(34)8-7-22-23(16-28(35)39-29(22)25)24-15-18-14-19(31)2-9-27(18)38-30(24)36/h2-9,14-16,34H,10-13,17H2,1H3. The number of ether oxygens (including phenoxy) is 1. The Morgan fingerprint density at radius 1 is 0.897 bits per heavy atom. The van der Waals surface area contributed by atoms with Gasteiger partial charge in [0.25, 0.3) is 0 Å². The van der Waals surface area contributed by atoms with Gasteiger partial charge in [0.1, 0.15) is 22.7 Å². The second kappa shape index (κ2) is 10.2. The summed E-state index contributed by atoms with van der Waals surface area (Å²) in [6, 6.07) is 19.6. The first-order valence-electron chi connectivity index (χ1n) is 12.5. The van der Waals surface area contributed by atoms with E-state index in [9.17, 15) is 14.7 Å². The average molecular weight is 589 g/mol. The lowest BCUT2D eigenvalue weighted by Crippen LogP contribution is -2.46. The average Bonchev–Trinajstić information content (AvgIpc) is 2.94. The summed E-state index contributed by atoms with van der Waals surface area (Å²) in [7, 11) is 1.65. The van der Waals surface area contributed by atoms with Crippen molar-refractivity contribution in [2.75, 3.05) is 38.2 Å². The van der Waals surface area contributed by atoms with Crippen LogP contribution in [0.2, 0.25) is 0 Å². The van der Waals surface area contributed by atoms with Crippen LogP contribution in [0.15, 0.2) is 89.6 Å². The molecule has 1 fully saturated rings. The molecule has 0 unspecified atom stereocenters. The molecule has 3 aromatic carbocycles. The van der Waals surface area contributed by atoms with Gasteiger partial charge >= 0.3 is 11.3 Å². The number of aromatic hydroxyl groups is 1. The Kier molecular flexibility index (Phi) is 6.62. The van der Waals surface area contributed by atoms with E-state index in [1.54, 1.807) is 37.4 Å². The Hall–Kier alpha value is -4.08. The predicted molar refractivity (Wildman–Crippen MR) is 154 cm³/mol. The molecule has 9 heteroatoms. The lowest BCUT2D eigenvalue weighted by molar-refractivity contribution is 0.246. The second-order valence-corrected chi connectivity index (χ2v) is 10.4. The van der Waals surface area contributed by atoms with Crippen molar-refractivity contribution >= 4 is 43.6 Å². The normalized spacial score (nSPS) is 14.3. The van der Waals surface area contributed by atoms with E-state index in [0.29, 0.717) is 34.0 Å². The highest BCUT2D eigenvalue weighted by molar-refractivity contribution is 9.10. The van der Waals surface area contributed by atoms with Crippen LogP contribution in [0.3, 0.4) is 0 Å². The zero-order valence-electron chi connectivity index (χ0n) is 21.1. The molecule has 0 aliphatic carbocycles. The number of hydrogen-bond acceptors (Lipinski definition) is 8. The largest absolute Gasteiger partial charge is 0.507 e. The number of piperazine rings is 1. The quantitative estimate of drug-likeness (QED) is 0.274. The van der Waals surface area contributed by atoms with Crippen molar-refractivity contribution in [2.24, 2.45) is 0 Å². The lowest BCUT2D eigenvalue weighted by Gasteiger charge is -2.36. The molecule has 0 radical (unpaired) electrons.